The van der Waals surface area contributed by atoms with Gasteiger partial charge in [0.05, 0.1) is 11.2 Å². The maximum Gasteiger partial charge on any atom is 0.160 e. The summed E-state index contributed by atoms with van der Waals surface area (Å²) < 4.78 is 0. The normalized spacial score (nSPS) is 11.8. The maximum absolute atomic E-state index is 5.21. The van der Waals surface area contributed by atoms with Crippen LogP contribution < -0.4 is 0 Å². The Morgan fingerprint density at radius 1 is 0.357 bits per heavy atom. The van der Waals surface area contributed by atoms with Crippen molar-refractivity contribution in [1.29, 1.82) is 0 Å². The van der Waals surface area contributed by atoms with Gasteiger partial charge in [0.1, 0.15) is 0 Å². The Labute approximate surface area is 243 Å². The van der Waals surface area contributed by atoms with Crippen molar-refractivity contribution in [3.63, 3.8) is 0 Å². The van der Waals surface area contributed by atoms with Crippen LogP contribution in [0.25, 0.3) is 88.5 Å². The van der Waals surface area contributed by atoms with Gasteiger partial charge in [0.25, 0.3) is 0 Å². The average Bonchev–Trinajstić information content (AvgIpc) is 3.40. The van der Waals surface area contributed by atoms with Crippen LogP contribution in [0.3, 0.4) is 0 Å². The van der Waals surface area contributed by atoms with E-state index in [9.17, 15) is 0 Å². The number of nitrogens with zero attached hydrogens (tertiary/aromatic N) is 2. The Morgan fingerprint density at radius 3 is 1.79 bits per heavy atom. The quantitative estimate of drug-likeness (QED) is 0.212. The van der Waals surface area contributed by atoms with E-state index in [2.05, 4.69) is 121 Å². The average molecular weight is 533 g/mol. The SMILES string of the molecule is c1ccc(-c2nc(-c3ccccc3)c3ccc4ccc(-c5ccc6c7c(cccc57)-c5ccccc5-6)cc4c3n2)cc1. The molecule has 0 bridgehead atoms. The summed E-state index contributed by atoms with van der Waals surface area (Å²) in [5, 5.41) is 5.98. The van der Waals surface area contributed by atoms with Gasteiger partial charge in [-0.05, 0) is 61.7 Å². The van der Waals surface area contributed by atoms with E-state index in [1.807, 2.05) is 24.3 Å². The van der Waals surface area contributed by atoms with E-state index in [0.717, 1.165) is 38.9 Å². The molecule has 0 saturated heterocycles. The molecular weight excluding hydrogens is 508 g/mol. The van der Waals surface area contributed by atoms with Crippen LogP contribution in [0.4, 0.5) is 0 Å². The molecule has 1 aromatic heterocycles. The summed E-state index contributed by atoms with van der Waals surface area (Å²) in [5.41, 5.74) is 11.7. The van der Waals surface area contributed by atoms with Crippen LogP contribution in [0.1, 0.15) is 0 Å². The molecule has 0 amide bonds. The second-order valence-corrected chi connectivity index (χ2v) is 11.0. The molecule has 0 N–H and O–H groups in total. The van der Waals surface area contributed by atoms with E-state index in [1.54, 1.807) is 0 Å². The summed E-state index contributed by atoms with van der Waals surface area (Å²) in [6.45, 7) is 0. The molecular formula is C40H24N2. The Balaban J connectivity index is 1.32. The van der Waals surface area contributed by atoms with Gasteiger partial charge in [0.15, 0.2) is 5.82 Å². The van der Waals surface area contributed by atoms with Crippen LogP contribution in [0.5, 0.6) is 0 Å². The van der Waals surface area contributed by atoms with Gasteiger partial charge >= 0.3 is 0 Å². The molecule has 0 atom stereocenters. The zero-order valence-electron chi connectivity index (χ0n) is 22.8. The predicted molar refractivity (Wildman–Crippen MR) is 175 cm³/mol. The third-order valence-corrected chi connectivity index (χ3v) is 8.62. The molecule has 9 rings (SSSR count). The Morgan fingerprint density at radius 2 is 1.00 bits per heavy atom. The van der Waals surface area contributed by atoms with E-state index in [1.165, 1.54) is 49.5 Å². The predicted octanol–water partition coefficient (Wildman–Crippen LogP) is 10.6. The zero-order valence-corrected chi connectivity index (χ0v) is 22.8. The fraction of sp³-hybridized carbons (Fsp3) is 0. The van der Waals surface area contributed by atoms with E-state index in [0.29, 0.717) is 0 Å². The van der Waals surface area contributed by atoms with Crippen molar-refractivity contribution in [1.82, 2.24) is 9.97 Å². The molecule has 42 heavy (non-hydrogen) atoms. The van der Waals surface area contributed by atoms with Crippen molar-refractivity contribution < 1.29 is 0 Å². The van der Waals surface area contributed by atoms with Crippen molar-refractivity contribution in [3.05, 3.63) is 146 Å². The smallest absolute Gasteiger partial charge is 0.160 e. The van der Waals surface area contributed by atoms with Gasteiger partial charge in [-0.25, -0.2) is 9.97 Å². The van der Waals surface area contributed by atoms with Gasteiger partial charge in [0, 0.05) is 21.9 Å². The monoisotopic (exact) mass is 532 g/mol. The Hall–Kier alpha value is -5.60. The lowest BCUT2D eigenvalue weighted by Crippen LogP contribution is -1.96. The Bertz CT molecular complexity index is 2310. The van der Waals surface area contributed by atoms with Crippen LogP contribution in [0.15, 0.2) is 146 Å². The summed E-state index contributed by atoms with van der Waals surface area (Å²) in [4.78, 5) is 10.3. The standard InChI is InChI=1S/C40H24N2/c1-3-10-26(11-4-1)38-35-21-20-25-18-19-28(24-36(25)39(35)42-40(41-38)27-12-5-2-6-13-27)29-22-23-34-31-15-8-7-14-30(31)33-17-9-16-32(29)37(33)34/h1-24H. The second kappa shape index (κ2) is 8.95. The van der Waals surface area contributed by atoms with Gasteiger partial charge < -0.3 is 0 Å². The summed E-state index contributed by atoms with van der Waals surface area (Å²) in [7, 11) is 0. The minimum Gasteiger partial charge on any atom is -0.227 e. The highest BCUT2D eigenvalue weighted by atomic mass is 14.9. The van der Waals surface area contributed by atoms with Crippen molar-refractivity contribution >= 4 is 32.4 Å². The topological polar surface area (TPSA) is 25.8 Å². The molecule has 7 aromatic carbocycles. The number of rotatable bonds is 3. The summed E-state index contributed by atoms with van der Waals surface area (Å²) in [5.74, 6) is 0.739. The minimum atomic E-state index is 0.739. The van der Waals surface area contributed by atoms with Gasteiger partial charge in [-0.15, -0.1) is 0 Å². The number of aromatic nitrogens is 2. The van der Waals surface area contributed by atoms with Crippen LogP contribution in [-0.2, 0) is 0 Å². The third kappa shape index (κ3) is 3.39. The molecule has 194 valence electrons. The summed E-state index contributed by atoms with van der Waals surface area (Å²) in [6, 6.07) is 51.9. The summed E-state index contributed by atoms with van der Waals surface area (Å²) >= 11 is 0. The first-order chi connectivity index (χ1) is 20.8. The lowest BCUT2D eigenvalue weighted by atomic mass is 9.92. The summed E-state index contributed by atoms with van der Waals surface area (Å²) in [6.07, 6.45) is 0. The first kappa shape index (κ1) is 23.1. The molecule has 8 aromatic rings. The molecule has 1 aliphatic rings. The molecule has 0 spiro atoms. The van der Waals surface area contributed by atoms with Crippen LogP contribution in [0, 0.1) is 0 Å². The number of fused-ring (bicyclic) bond motifs is 6. The third-order valence-electron chi connectivity index (χ3n) is 8.62. The first-order valence-corrected chi connectivity index (χ1v) is 14.3. The van der Waals surface area contributed by atoms with Crippen LogP contribution >= 0.6 is 0 Å². The first-order valence-electron chi connectivity index (χ1n) is 14.3. The molecule has 1 aliphatic carbocycles. The van der Waals surface area contributed by atoms with Gasteiger partial charge in [-0.2, -0.15) is 0 Å². The molecule has 2 heteroatoms. The Kier molecular flexibility index (Phi) is 4.93. The van der Waals surface area contributed by atoms with Gasteiger partial charge in [0.2, 0.25) is 0 Å². The highest BCUT2D eigenvalue weighted by molar-refractivity contribution is 6.19. The molecule has 0 radical (unpaired) electrons. The number of benzene rings is 7. The van der Waals surface area contributed by atoms with Crippen molar-refractivity contribution in [3.8, 4) is 56.0 Å². The van der Waals surface area contributed by atoms with E-state index >= 15 is 0 Å². The van der Waals surface area contributed by atoms with E-state index in [-0.39, 0.29) is 0 Å². The molecule has 0 fully saturated rings. The number of hydrogen-bond donors (Lipinski definition) is 0. The van der Waals surface area contributed by atoms with E-state index in [4.69, 9.17) is 9.97 Å². The van der Waals surface area contributed by atoms with Gasteiger partial charge in [-0.3, -0.25) is 0 Å². The lowest BCUT2D eigenvalue weighted by molar-refractivity contribution is 1.23. The van der Waals surface area contributed by atoms with Crippen LogP contribution in [-0.4, -0.2) is 9.97 Å². The molecule has 0 saturated carbocycles. The maximum atomic E-state index is 5.21. The van der Waals surface area contributed by atoms with Crippen molar-refractivity contribution in [2.75, 3.05) is 0 Å². The second-order valence-electron chi connectivity index (χ2n) is 11.0. The minimum absolute atomic E-state index is 0.739. The largest absolute Gasteiger partial charge is 0.227 e. The number of hydrogen-bond acceptors (Lipinski definition) is 2. The van der Waals surface area contributed by atoms with Gasteiger partial charge in [-0.1, -0.05) is 133 Å². The van der Waals surface area contributed by atoms with Crippen LogP contribution in [0.2, 0.25) is 0 Å². The highest BCUT2D eigenvalue weighted by Gasteiger charge is 2.22. The molecule has 1 heterocycles. The highest BCUT2D eigenvalue weighted by Crippen LogP contribution is 2.49. The molecule has 0 aliphatic heterocycles. The van der Waals surface area contributed by atoms with Crippen molar-refractivity contribution in [2.24, 2.45) is 0 Å². The van der Waals surface area contributed by atoms with Crippen molar-refractivity contribution in [2.45, 2.75) is 0 Å². The van der Waals surface area contributed by atoms with E-state index < -0.39 is 0 Å². The molecule has 0 unspecified atom stereocenters. The fourth-order valence-electron chi connectivity index (χ4n) is 6.67. The molecule has 2 nitrogen and oxygen atoms in total. The zero-order chi connectivity index (χ0) is 27.6. The lowest BCUT2D eigenvalue weighted by Gasteiger charge is -2.14. The fourth-order valence-corrected chi connectivity index (χ4v) is 6.67.